The SMILES string of the molecule is O=C(CC1CCC1)C1CCCO1. The molecule has 0 radical (unpaired) electrons. The van der Waals surface area contributed by atoms with Crippen molar-refractivity contribution in [3.05, 3.63) is 0 Å². The monoisotopic (exact) mass is 168 g/mol. The van der Waals surface area contributed by atoms with E-state index >= 15 is 0 Å². The maximum absolute atomic E-state index is 11.5. The third-order valence-electron chi connectivity index (χ3n) is 3.00. The molecule has 68 valence electrons. The van der Waals surface area contributed by atoms with Gasteiger partial charge in [-0.3, -0.25) is 4.79 Å². The summed E-state index contributed by atoms with van der Waals surface area (Å²) < 4.78 is 5.33. The van der Waals surface area contributed by atoms with E-state index in [2.05, 4.69) is 0 Å². The molecule has 1 saturated carbocycles. The van der Waals surface area contributed by atoms with Crippen molar-refractivity contribution in [2.24, 2.45) is 5.92 Å². The van der Waals surface area contributed by atoms with E-state index in [1.165, 1.54) is 19.3 Å². The predicted molar refractivity (Wildman–Crippen MR) is 45.9 cm³/mol. The van der Waals surface area contributed by atoms with Gasteiger partial charge in [0.1, 0.15) is 6.10 Å². The Kier molecular flexibility index (Phi) is 2.45. The molecule has 1 aliphatic carbocycles. The van der Waals surface area contributed by atoms with Crippen molar-refractivity contribution in [1.82, 2.24) is 0 Å². The lowest BCUT2D eigenvalue weighted by molar-refractivity contribution is -0.129. The van der Waals surface area contributed by atoms with Crippen LogP contribution >= 0.6 is 0 Å². The summed E-state index contributed by atoms with van der Waals surface area (Å²) in [6.45, 7) is 0.793. The van der Waals surface area contributed by atoms with Gasteiger partial charge >= 0.3 is 0 Å². The quantitative estimate of drug-likeness (QED) is 0.643. The van der Waals surface area contributed by atoms with E-state index in [0.29, 0.717) is 11.7 Å². The van der Waals surface area contributed by atoms with Crippen LogP contribution in [0.5, 0.6) is 0 Å². The van der Waals surface area contributed by atoms with Gasteiger partial charge in [-0.1, -0.05) is 19.3 Å². The second-order valence-electron chi connectivity index (χ2n) is 3.97. The van der Waals surface area contributed by atoms with Crippen molar-refractivity contribution >= 4 is 5.78 Å². The second kappa shape index (κ2) is 3.56. The van der Waals surface area contributed by atoms with Gasteiger partial charge in [-0.25, -0.2) is 0 Å². The standard InChI is InChI=1S/C10H16O2/c11-9(7-8-3-1-4-8)10-5-2-6-12-10/h8,10H,1-7H2. The zero-order valence-electron chi connectivity index (χ0n) is 7.42. The van der Waals surface area contributed by atoms with Gasteiger partial charge in [0.25, 0.3) is 0 Å². The number of hydrogen-bond donors (Lipinski definition) is 0. The van der Waals surface area contributed by atoms with Crippen LogP contribution in [-0.2, 0) is 9.53 Å². The number of carbonyl (C=O) groups is 1. The van der Waals surface area contributed by atoms with Crippen LogP contribution in [0.25, 0.3) is 0 Å². The summed E-state index contributed by atoms with van der Waals surface area (Å²) in [4.78, 5) is 11.5. The molecule has 1 saturated heterocycles. The predicted octanol–water partition coefficient (Wildman–Crippen LogP) is 1.92. The van der Waals surface area contributed by atoms with E-state index in [4.69, 9.17) is 4.74 Å². The molecule has 1 aliphatic heterocycles. The summed E-state index contributed by atoms with van der Waals surface area (Å²) in [5.41, 5.74) is 0. The van der Waals surface area contributed by atoms with Crippen molar-refractivity contribution in [2.45, 2.75) is 44.6 Å². The lowest BCUT2D eigenvalue weighted by atomic mass is 9.81. The third kappa shape index (κ3) is 1.69. The summed E-state index contributed by atoms with van der Waals surface area (Å²) >= 11 is 0. The lowest BCUT2D eigenvalue weighted by Gasteiger charge is -2.25. The molecule has 12 heavy (non-hydrogen) atoms. The van der Waals surface area contributed by atoms with Gasteiger partial charge in [0.05, 0.1) is 0 Å². The van der Waals surface area contributed by atoms with Crippen LogP contribution < -0.4 is 0 Å². The molecule has 1 heterocycles. The molecular weight excluding hydrogens is 152 g/mol. The van der Waals surface area contributed by atoms with Gasteiger partial charge in [0, 0.05) is 13.0 Å². The molecule has 2 fully saturated rings. The second-order valence-corrected chi connectivity index (χ2v) is 3.97. The fourth-order valence-electron chi connectivity index (χ4n) is 1.94. The molecule has 1 atom stereocenters. The number of ketones is 1. The molecule has 2 heteroatoms. The molecule has 0 bridgehead atoms. The molecule has 0 aromatic heterocycles. The first-order chi connectivity index (χ1) is 5.86. The van der Waals surface area contributed by atoms with Crippen molar-refractivity contribution in [3.63, 3.8) is 0 Å². The Balaban J connectivity index is 1.74. The highest BCUT2D eigenvalue weighted by atomic mass is 16.5. The van der Waals surface area contributed by atoms with Gasteiger partial charge in [0.2, 0.25) is 0 Å². The molecular formula is C10H16O2. The number of carbonyl (C=O) groups excluding carboxylic acids is 1. The molecule has 2 rings (SSSR count). The lowest BCUT2D eigenvalue weighted by Crippen LogP contribution is -2.24. The van der Waals surface area contributed by atoms with E-state index in [0.717, 1.165) is 25.9 Å². The number of ether oxygens (including phenoxy) is 1. The van der Waals surface area contributed by atoms with Gasteiger partial charge in [0.15, 0.2) is 5.78 Å². The average molecular weight is 168 g/mol. The van der Waals surface area contributed by atoms with Crippen LogP contribution in [0.1, 0.15) is 38.5 Å². The number of hydrogen-bond acceptors (Lipinski definition) is 2. The van der Waals surface area contributed by atoms with Crippen molar-refractivity contribution in [1.29, 1.82) is 0 Å². The Hall–Kier alpha value is -0.370. The van der Waals surface area contributed by atoms with Crippen LogP contribution in [-0.4, -0.2) is 18.5 Å². The zero-order valence-corrected chi connectivity index (χ0v) is 7.42. The molecule has 1 unspecified atom stereocenters. The van der Waals surface area contributed by atoms with E-state index in [9.17, 15) is 4.79 Å². The molecule has 0 spiro atoms. The maximum Gasteiger partial charge on any atom is 0.161 e. The topological polar surface area (TPSA) is 26.3 Å². The minimum absolute atomic E-state index is 0.0365. The first kappa shape index (κ1) is 8.24. The van der Waals surface area contributed by atoms with Crippen LogP contribution in [0.4, 0.5) is 0 Å². The van der Waals surface area contributed by atoms with Crippen LogP contribution in [0.3, 0.4) is 0 Å². The van der Waals surface area contributed by atoms with Gasteiger partial charge < -0.3 is 4.74 Å². The maximum atomic E-state index is 11.5. The van der Waals surface area contributed by atoms with Gasteiger partial charge in [-0.05, 0) is 18.8 Å². The molecule has 2 nitrogen and oxygen atoms in total. The average Bonchev–Trinajstić information content (AvgIpc) is 2.47. The highest BCUT2D eigenvalue weighted by molar-refractivity contribution is 5.83. The van der Waals surface area contributed by atoms with Gasteiger partial charge in [-0.2, -0.15) is 0 Å². The summed E-state index contributed by atoms with van der Waals surface area (Å²) in [6.07, 6.45) is 6.63. The van der Waals surface area contributed by atoms with E-state index in [-0.39, 0.29) is 6.10 Å². The minimum Gasteiger partial charge on any atom is -0.370 e. The van der Waals surface area contributed by atoms with Gasteiger partial charge in [-0.15, -0.1) is 0 Å². The van der Waals surface area contributed by atoms with Crippen molar-refractivity contribution in [3.8, 4) is 0 Å². The molecule has 0 aromatic rings. The highest BCUT2D eigenvalue weighted by Gasteiger charge is 2.28. The Morgan fingerprint density at radius 3 is 2.58 bits per heavy atom. The van der Waals surface area contributed by atoms with E-state index in [1.54, 1.807) is 0 Å². The molecule has 0 aromatic carbocycles. The largest absolute Gasteiger partial charge is 0.370 e. The minimum atomic E-state index is -0.0365. The zero-order chi connectivity index (χ0) is 8.39. The fraction of sp³-hybridized carbons (Fsp3) is 0.900. The fourth-order valence-corrected chi connectivity index (χ4v) is 1.94. The Labute approximate surface area is 73.3 Å². The van der Waals surface area contributed by atoms with E-state index in [1.807, 2.05) is 0 Å². The number of Topliss-reactive ketones (excluding diaryl/α,β-unsaturated/α-hetero) is 1. The first-order valence-corrected chi connectivity index (χ1v) is 5.00. The molecule has 0 N–H and O–H groups in total. The smallest absolute Gasteiger partial charge is 0.161 e. The first-order valence-electron chi connectivity index (χ1n) is 5.00. The number of rotatable bonds is 3. The summed E-state index contributed by atoms with van der Waals surface area (Å²) in [7, 11) is 0. The highest BCUT2D eigenvalue weighted by Crippen LogP contribution is 2.30. The van der Waals surface area contributed by atoms with E-state index < -0.39 is 0 Å². The molecule has 0 amide bonds. The summed E-state index contributed by atoms with van der Waals surface area (Å²) in [6, 6.07) is 0. The van der Waals surface area contributed by atoms with Crippen LogP contribution in [0, 0.1) is 5.92 Å². The third-order valence-corrected chi connectivity index (χ3v) is 3.00. The van der Waals surface area contributed by atoms with Crippen LogP contribution in [0.2, 0.25) is 0 Å². The summed E-state index contributed by atoms with van der Waals surface area (Å²) in [5, 5.41) is 0. The normalized spacial score (nSPS) is 30.2. The Morgan fingerprint density at radius 2 is 2.08 bits per heavy atom. The van der Waals surface area contributed by atoms with Crippen molar-refractivity contribution in [2.75, 3.05) is 6.61 Å². The van der Waals surface area contributed by atoms with Crippen molar-refractivity contribution < 1.29 is 9.53 Å². The summed E-state index contributed by atoms with van der Waals surface area (Å²) in [5.74, 6) is 1.05. The van der Waals surface area contributed by atoms with Crippen LogP contribution in [0.15, 0.2) is 0 Å². The Bertz CT molecular complexity index is 167. The molecule has 2 aliphatic rings. The Morgan fingerprint density at radius 1 is 1.25 bits per heavy atom.